The predicted octanol–water partition coefficient (Wildman–Crippen LogP) is 4.80. The molecule has 0 aliphatic carbocycles. The molecule has 5 rings (SSSR count). The molecular formula is C23H20ClN3O2. The average Bonchev–Trinajstić information content (AvgIpc) is 2.76. The highest BCUT2D eigenvalue weighted by Crippen LogP contribution is 2.40. The number of Topliss-reactive ketones (excluding diaryl/α,β-unsaturated/α-hetero) is 1. The normalized spacial score (nSPS) is 17.7. The first-order valence-corrected chi connectivity index (χ1v) is 10.2. The van der Waals surface area contributed by atoms with E-state index in [9.17, 15) is 4.79 Å². The zero-order valence-corrected chi connectivity index (χ0v) is 16.6. The van der Waals surface area contributed by atoms with Crippen molar-refractivity contribution in [2.24, 2.45) is 0 Å². The standard InChI is InChI=1S/C23H20ClN3O2/c24-17-6-8-21-18(14-17)20(28)15-23(29-21)10-12-27(13-11-23)22-9-7-19(25-26-22)16-4-2-1-3-5-16/h1-9,14H,10-13,15H2. The van der Waals surface area contributed by atoms with Crippen LogP contribution >= 0.6 is 11.6 Å². The van der Waals surface area contributed by atoms with Gasteiger partial charge in [-0.2, -0.15) is 0 Å². The molecule has 146 valence electrons. The summed E-state index contributed by atoms with van der Waals surface area (Å²) >= 11 is 6.03. The van der Waals surface area contributed by atoms with E-state index in [0.29, 0.717) is 22.8 Å². The summed E-state index contributed by atoms with van der Waals surface area (Å²) in [5.41, 5.74) is 2.07. The van der Waals surface area contributed by atoms with Gasteiger partial charge in [-0.3, -0.25) is 4.79 Å². The molecule has 2 aliphatic heterocycles. The molecule has 0 bridgehead atoms. The van der Waals surface area contributed by atoms with Gasteiger partial charge in [0.05, 0.1) is 17.7 Å². The molecule has 6 heteroatoms. The van der Waals surface area contributed by atoms with Crippen LogP contribution in [0, 0.1) is 0 Å². The number of aromatic nitrogens is 2. The van der Waals surface area contributed by atoms with Crippen molar-refractivity contribution in [3.63, 3.8) is 0 Å². The van der Waals surface area contributed by atoms with E-state index in [-0.39, 0.29) is 5.78 Å². The van der Waals surface area contributed by atoms with E-state index in [0.717, 1.165) is 43.0 Å². The minimum atomic E-state index is -0.439. The van der Waals surface area contributed by atoms with Gasteiger partial charge in [-0.05, 0) is 30.3 Å². The lowest BCUT2D eigenvalue weighted by atomic mass is 9.82. The van der Waals surface area contributed by atoms with Crippen molar-refractivity contribution in [1.29, 1.82) is 0 Å². The molecule has 1 saturated heterocycles. The molecular weight excluding hydrogens is 386 g/mol. The van der Waals surface area contributed by atoms with E-state index >= 15 is 0 Å². The molecule has 2 aromatic carbocycles. The summed E-state index contributed by atoms with van der Waals surface area (Å²) in [6, 6.07) is 19.3. The van der Waals surface area contributed by atoms with Gasteiger partial charge in [0, 0.05) is 36.5 Å². The summed E-state index contributed by atoms with van der Waals surface area (Å²) in [6.45, 7) is 1.55. The van der Waals surface area contributed by atoms with Crippen molar-refractivity contribution < 1.29 is 9.53 Å². The highest BCUT2D eigenvalue weighted by atomic mass is 35.5. The molecule has 0 N–H and O–H groups in total. The van der Waals surface area contributed by atoms with Crippen LogP contribution in [0.1, 0.15) is 29.6 Å². The van der Waals surface area contributed by atoms with Gasteiger partial charge in [-0.15, -0.1) is 10.2 Å². The van der Waals surface area contributed by atoms with Gasteiger partial charge in [0.25, 0.3) is 0 Å². The lowest BCUT2D eigenvalue weighted by Crippen LogP contribution is -2.51. The van der Waals surface area contributed by atoms with Crippen molar-refractivity contribution in [1.82, 2.24) is 10.2 Å². The third-order valence-electron chi connectivity index (χ3n) is 5.77. The molecule has 29 heavy (non-hydrogen) atoms. The number of carbonyl (C=O) groups is 1. The van der Waals surface area contributed by atoms with Gasteiger partial charge in [0.1, 0.15) is 11.4 Å². The largest absolute Gasteiger partial charge is 0.486 e. The number of ether oxygens (including phenoxy) is 1. The topological polar surface area (TPSA) is 55.3 Å². The zero-order chi connectivity index (χ0) is 19.8. The van der Waals surface area contributed by atoms with E-state index in [4.69, 9.17) is 16.3 Å². The van der Waals surface area contributed by atoms with Gasteiger partial charge >= 0.3 is 0 Å². The van der Waals surface area contributed by atoms with E-state index in [1.54, 1.807) is 18.2 Å². The maximum atomic E-state index is 12.7. The quantitative estimate of drug-likeness (QED) is 0.612. The van der Waals surface area contributed by atoms with Crippen LogP contribution in [-0.4, -0.2) is 34.7 Å². The van der Waals surface area contributed by atoms with Crippen LogP contribution in [0.3, 0.4) is 0 Å². The second-order valence-corrected chi connectivity index (χ2v) is 8.09. The van der Waals surface area contributed by atoms with Crippen LogP contribution in [0.4, 0.5) is 5.82 Å². The lowest BCUT2D eigenvalue weighted by molar-refractivity contribution is 0.0231. The Hall–Kier alpha value is -2.92. The number of ketones is 1. The molecule has 1 aromatic heterocycles. The van der Waals surface area contributed by atoms with E-state index in [2.05, 4.69) is 15.1 Å². The summed E-state index contributed by atoms with van der Waals surface area (Å²) in [5.74, 6) is 1.61. The van der Waals surface area contributed by atoms with E-state index < -0.39 is 5.60 Å². The SMILES string of the molecule is O=C1CC2(CCN(c3ccc(-c4ccccc4)nn3)CC2)Oc2ccc(Cl)cc21. The van der Waals surface area contributed by atoms with Crippen LogP contribution in [0.5, 0.6) is 5.75 Å². The number of hydrogen-bond donors (Lipinski definition) is 0. The third kappa shape index (κ3) is 3.47. The number of benzene rings is 2. The maximum Gasteiger partial charge on any atom is 0.170 e. The first kappa shape index (κ1) is 18.1. The first-order valence-electron chi connectivity index (χ1n) is 9.78. The van der Waals surface area contributed by atoms with Crippen molar-refractivity contribution in [3.05, 3.63) is 71.2 Å². The zero-order valence-electron chi connectivity index (χ0n) is 15.8. The lowest BCUT2D eigenvalue weighted by Gasteiger charge is -2.44. The average molecular weight is 406 g/mol. The molecule has 0 amide bonds. The van der Waals surface area contributed by atoms with Gasteiger partial charge < -0.3 is 9.64 Å². The van der Waals surface area contributed by atoms with E-state index in [1.165, 1.54) is 0 Å². The maximum absolute atomic E-state index is 12.7. The smallest absolute Gasteiger partial charge is 0.170 e. The summed E-state index contributed by atoms with van der Waals surface area (Å²) in [4.78, 5) is 14.9. The van der Waals surface area contributed by atoms with Crippen molar-refractivity contribution >= 4 is 23.2 Å². The fourth-order valence-electron chi connectivity index (χ4n) is 4.15. The van der Waals surface area contributed by atoms with Crippen LogP contribution in [0.25, 0.3) is 11.3 Å². The summed E-state index contributed by atoms with van der Waals surface area (Å²) in [7, 11) is 0. The Morgan fingerprint density at radius 2 is 1.76 bits per heavy atom. The molecule has 0 radical (unpaired) electrons. The van der Waals surface area contributed by atoms with Crippen LogP contribution in [0.2, 0.25) is 5.02 Å². The molecule has 3 aromatic rings. The summed E-state index contributed by atoms with van der Waals surface area (Å²) < 4.78 is 6.30. The molecule has 1 spiro atoms. The van der Waals surface area contributed by atoms with Gasteiger partial charge in [0.2, 0.25) is 0 Å². The number of nitrogens with zero attached hydrogens (tertiary/aromatic N) is 3. The number of rotatable bonds is 2. The minimum Gasteiger partial charge on any atom is -0.486 e. The van der Waals surface area contributed by atoms with Gasteiger partial charge in [-0.25, -0.2) is 0 Å². The number of hydrogen-bond acceptors (Lipinski definition) is 5. The Morgan fingerprint density at radius 3 is 2.48 bits per heavy atom. The Morgan fingerprint density at radius 1 is 0.966 bits per heavy atom. The highest BCUT2D eigenvalue weighted by Gasteiger charge is 2.43. The van der Waals surface area contributed by atoms with Crippen LogP contribution < -0.4 is 9.64 Å². The number of fused-ring (bicyclic) bond motifs is 1. The van der Waals surface area contributed by atoms with Crippen LogP contribution in [-0.2, 0) is 0 Å². The Bertz CT molecular complexity index is 1050. The fraction of sp³-hybridized carbons (Fsp3) is 0.261. The minimum absolute atomic E-state index is 0.106. The predicted molar refractivity (Wildman–Crippen MR) is 113 cm³/mol. The Balaban J connectivity index is 1.29. The Kier molecular flexibility index (Phi) is 4.47. The van der Waals surface area contributed by atoms with Crippen molar-refractivity contribution in [2.45, 2.75) is 24.9 Å². The molecule has 3 heterocycles. The molecule has 1 fully saturated rings. The van der Waals surface area contributed by atoms with E-state index in [1.807, 2.05) is 42.5 Å². The summed E-state index contributed by atoms with van der Waals surface area (Å²) in [5, 5.41) is 9.37. The number of piperidine rings is 1. The molecule has 2 aliphatic rings. The number of anilines is 1. The second-order valence-electron chi connectivity index (χ2n) is 7.66. The van der Waals surface area contributed by atoms with Crippen molar-refractivity contribution in [3.8, 4) is 17.0 Å². The first-order chi connectivity index (χ1) is 14.1. The fourth-order valence-corrected chi connectivity index (χ4v) is 4.32. The van der Waals surface area contributed by atoms with Crippen LogP contribution in [0.15, 0.2) is 60.7 Å². The number of halogens is 1. The van der Waals surface area contributed by atoms with Crippen molar-refractivity contribution in [2.75, 3.05) is 18.0 Å². The third-order valence-corrected chi connectivity index (χ3v) is 6.00. The van der Waals surface area contributed by atoms with Gasteiger partial charge in [0.15, 0.2) is 11.6 Å². The Labute approximate surface area is 174 Å². The monoisotopic (exact) mass is 405 g/mol. The molecule has 5 nitrogen and oxygen atoms in total. The molecule has 0 saturated carbocycles. The molecule has 0 unspecified atom stereocenters. The highest BCUT2D eigenvalue weighted by molar-refractivity contribution is 6.31. The number of carbonyl (C=O) groups excluding carboxylic acids is 1. The molecule has 0 atom stereocenters. The van der Waals surface area contributed by atoms with Gasteiger partial charge in [-0.1, -0.05) is 41.9 Å². The second kappa shape index (κ2) is 7.16. The summed E-state index contributed by atoms with van der Waals surface area (Å²) in [6.07, 6.45) is 1.93.